The molecule has 1 aliphatic rings. The van der Waals surface area contributed by atoms with E-state index >= 15 is 0 Å². The second kappa shape index (κ2) is 11.7. The first-order chi connectivity index (χ1) is 19.4. The summed E-state index contributed by atoms with van der Waals surface area (Å²) in [5, 5.41) is 71.6. The molecule has 6 unspecified atom stereocenters. The summed E-state index contributed by atoms with van der Waals surface area (Å²) in [7, 11) is 1.14. The van der Waals surface area contributed by atoms with E-state index in [1.807, 2.05) is 0 Å². The number of phenols is 3. The maximum absolute atomic E-state index is 13.0. The second-order valence-corrected chi connectivity index (χ2v) is 9.51. The monoisotopic (exact) mass is 578 g/mol. The smallest absolute Gasteiger partial charge is 0.308 e. The second-order valence-electron chi connectivity index (χ2n) is 9.51. The summed E-state index contributed by atoms with van der Waals surface area (Å²) >= 11 is 0. The third-order valence-corrected chi connectivity index (χ3v) is 6.81. The predicted octanol–water partition coefficient (Wildman–Crippen LogP) is 1.07. The van der Waals surface area contributed by atoms with Crippen LogP contribution in [0.1, 0.15) is 20.3 Å². The van der Waals surface area contributed by atoms with Crippen molar-refractivity contribution in [3.05, 3.63) is 34.5 Å². The average Bonchev–Trinajstić information content (AvgIpc) is 2.95. The van der Waals surface area contributed by atoms with Gasteiger partial charge in [0, 0.05) is 11.6 Å². The van der Waals surface area contributed by atoms with Crippen LogP contribution in [0.5, 0.6) is 34.5 Å². The lowest BCUT2D eigenvalue weighted by Gasteiger charge is -2.40. The highest BCUT2D eigenvalue weighted by atomic mass is 16.7. The molecule has 0 radical (unpaired) electrons. The molecule has 0 aliphatic carbocycles. The van der Waals surface area contributed by atoms with Crippen molar-refractivity contribution in [2.24, 2.45) is 5.92 Å². The quantitative estimate of drug-likeness (QED) is 0.147. The molecule has 1 fully saturated rings. The highest BCUT2D eigenvalue weighted by Gasteiger charge is 2.46. The van der Waals surface area contributed by atoms with Gasteiger partial charge >= 0.3 is 5.97 Å². The first-order valence-electron chi connectivity index (χ1n) is 12.5. The first-order valence-corrected chi connectivity index (χ1v) is 12.5. The number of ether oxygens (including phenoxy) is 4. The van der Waals surface area contributed by atoms with Crippen LogP contribution in [0.15, 0.2) is 33.5 Å². The van der Waals surface area contributed by atoms with Gasteiger partial charge in [-0.2, -0.15) is 0 Å². The fourth-order valence-electron chi connectivity index (χ4n) is 4.18. The number of hydrogen-bond donors (Lipinski definition) is 7. The van der Waals surface area contributed by atoms with E-state index in [0.29, 0.717) is 6.42 Å². The molecule has 1 aromatic heterocycles. The zero-order valence-corrected chi connectivity index (χ0v) is 22.2. The maximum Gasteiger partial charge on any atom is 0.308 e. The number of methoxy groups -OCH3 is 1. The Bertz CT molecular complexity index is 1500. The van der Waals surface area contributed by atoms with Crippen molar-refractivity contribution >= 4 is 16.9 Å². The maximum atomic E-state index is 13.0. The predicted molar refractivity (Wildman–Crippen MR) is 139 cm³/mol. The average molecular weight is 579 g/mol. The third-order valence-electron chi connectivity index (χ3n) is 6.81. The molecule has 1 aliphatic heterocycles. The van der Waals surface area contributed by atoms with Crippen LogP contribution >= 0.6 is 0 Å². The number of hydrogen-bond acceptors (Lipinski definition) is 14. The lowest BCUT2D eigenvalue weighted by Crippen LogP contribution is -2.60. The largest absolute Gasteiger partial charge is 0.504 e. The van der Waals surface area contributed by atoms with E-state index in [2.05, 4.69) is 0 Å². The number of aromatic hydroxyl groups is 4. The van der Waals surface area contributed by atoms with Crippen LogP contribution in [0.3, 0.4) is 0 Å². The Kier molecular flexibility index (Phi) is 8.49. The lowest BCUT2D eigenvalue weighted by molar-refractivity contribution is -0.279. The number of fused-ring (bicyclic) bond motifs is 1. The van der Waals surface area contributed by atoms with Gasteiger partial charge in [-0.05, 0) is 24.6 Å². The van der Waals surface area contributed by atoms with Crippen LogP contribution in [0.2, 0.25) is 0 Å². The Balaban J connectivity index is 1.72. The molecule has 2 heterocycles. The SMILES string of the molecule is CCC(C)C(=O)OCC1OC(Oc2cc3oc(-c4ccc(O)c(O)c4)c(O)c(=O)c3c(O)c2OC)C(O)C(O)C1O. The number of rotatable bonds is 8. The van der Waals surface area contributed by atoms with Gasteiger partial charge in [-0.3, -0.25) is 9.59 Å². The standard InChI is InChI=1S/C27H30O14/c1-4-10(2)26(36)38-9-16-18(30)21(33)23(35)27(41-16)40-15-8-14-17(20(32)25(15)37-3)19(31)22(34)24(39-14)11-5-6-12(28)13(29)7-11/h5-8,10,16,18,21,23,27-30,32-35H,4,9H2,1-3H3. The number of aliphatic hydroxyl groups excluding tert-OH is 3. The summed E-state index contributed by atoms with van der Waals surface area (Å²) in [6, 6.07) is 4.48. The minimum absolute atomic E-state index is 0.00695. The van der Waals surface area contributed by atoms with E-state index in [9.17, 15) is 45.3 Å². The molecule has 4 rings (SSSR count). The van der Waals surface area contributed by atoms with E-state index < -0.39 is 94.5 Å². The van der Waals surface area contributed by atoms with Gasteiger partial charge in [0.15, 0.2) is 28.8 Å². The molecular weight excluding hydrogens is 548 g/mol. The number of esters is 1. The van der Waals surface area contributed by atoms with Crippen LogP contribution in [0.25, 0.3) is 22.3 Å². The van der Waals surface area contributed by atoms with E-state index in [1.165, 1.54) is 6.07 Å². The zero-order valence-electron chi connectivity index (χ0n) is 22.2. The van der Waals surface area contributed by atoms with Crippen LogP contribution in [0, 0.1) is 5.92 Å². The Hall–Kier alpha value is -4.24. The first kappa shape index (κ1) is 29.7. The molecule has 7 N–H and O–H groups in total. The Morgan fingerprint density at radius 3 is 2.34 bits per heavy atom. The van der Waals surface area contributed by atoms with E-state index in [0.717, 1.165) is 25.3 Å². The molecule has 14 nitrogen and oxygen atoms in total. The fourth-order valence-corrected chi connectivity index (χ4v) is 4.18. The van der Waals surface area contributed by atoms with Crippen molar-refractivity contribution < 1.29 is 63.9 Å². The summed E-state index contributed by atoms with van der Waals surface area (Å²) in [6.07, 6.45) is -7.75. The molecule has 222 valence electrons. The van der Waals surface area contributed by atoms with Gasteiger partial charge in [0.2, 0.25) is 23.2 Å². The van der Waals surface area contributed by atoms with Crippen molar-refractivity contribution in [2.75, 3.05) is 13.7 Å². The van der Waals surface area contributed by atoms with Gasteiger partial charge in [0.05, 0.1) is 13.0 Å². The summed E-state index contributed by atoms with van der Waals surface area (Å²) in [6.45, 7) is 2.97. The molecule has 2 aromatic carbocycles. The number of carbonyl (C=O) groups is 1. The number of benzene rings is 2. The summed E-state index contributed by atoms with van der Waals surface area (Å²) in [5.41, 5.74) is -1.38. The molecule has 1 saturated heterocycles. The molecule has 0 spiro atoms. The topological polar surface area (TPSA) is 226 Å². The number of aliphatic hydroxyl groups is 3. The van der Waals surface area contributed by atoms with E-state index in [4.69, 9.17) is 23.4 Å². The molecule has 0 saturated carbocycles. The van der Waals surface area contributed by atoms with E-state index in [-0.39, 0.29) is 16.9 Å². The Morgan fingerprint density at radius 1 is 1.00 bits per heavy atom. The van der Waals surface area contributed by atoms with Crippen molar-refractivity contribution in [1.29, 1.82) is 0 Å². The summed E-state index contributed by atoms with van der Waals surface area (Å²) in [4.78, 5) is 25.1. The van der Waals surface area contributed by atoms with Gasteiger partial charge in [0.25, 0.3) is 0 Å². The highest BCUT2D eigenvalue weighted by Crippen LogP contribution is 2.45. The zero-order chi connectivity index (χ0) is 30.2. The summed E-state index contributed by atoms with van der Waals surface area (Å²) < 4.78 is 27.3. The van der Waals surface area contributed by atoms with Crippen LogP contribution < -0.4 is 14.9 Å². The van der Waals surface area contributed by atoms with Gasteiger partial charge in [-0.25, -0.2) is 0 Å². The highest BCUT2D eigenvalue weighted by molar-refractivity contribution is 5.91. The molecular formula is C27H30O14. The normalized spacial score (nSPS) is 23.2. The van der Waals surface area contributed by atoms with Gasteiger partial charge in [-0.15, -0.1) is 0 Å². The van der Waals surface area contributed by atoms with Gasteiger partial charge in [0.1, 0.15) is 42.0 Å². The van der Waals surface area contributed by atoms with E-state index in [1.54, 1.807) is 13.8 Å². The number of carbonyl (C=O) groups excluding carboxylic acids is 1. The molecule has 6 atom stereocenters. The Morgan fingerprint density at radius 2 is 1.71 bits per heavy atom. The molecule has 0 bridgehead atoms. The van der Waals surface area contributed by atoms with Crippen molar-refractivity contribution in [2.45, 2.75) is 51.0 Å². The molecule has 41 heavy (non-hydrogen) atoms. The van der Waals surface area contributed by atoms with Crippen molar-refractivity contribution in [3.63, 3.8) is 0 Å². The fraction of sp³-hybridized carbons (Fsp3) is 0.407. The van der Waals surface area contributed by atoms with Crippen molar-refractivity contribution in [1.82, 2.24) is 0 Å². The summed E-state index contributed by atoms with van der Waals surface area (Å²) in [5.74, 6) is -4.87. The third kappa shape index (κ3) is 5.54. The Labute approximate surface area is 232 Å². The van der Waals surface area contributed by atoms with Gasteiger partial charge in [-0.1, -0.05) is 13.8 Å². The number of phenolic OH excluding ortho intramolecular Hbond substituents is 3. The minimum Gasteiger partial charge on any atom is -0.504 e. The lowest BCUT2D eigenvalue weighted by atomic mass is 9.99. The molecule has 0 amide bonds. The molecule has 3 aromatic rings. The van der Waals surface area contributed by atoms with Crippen LogP contribution in [-0.4, -0.2) is 86.1 Å². The van der Waals surface area contributed by atoms with Crippen LogP contribution in [-0.2, 0) is 14.3 Å². The van der Waals surface area contributed by atoms with Crippen LogP contribution in [0.4, 0.5) is 0 Å². The molecule has 14 heteroatoms. The van der Waals surface area contributed by atoms with Gasteiger partial charge < -0.3 is 59.1 Å². The van der Waals surface area contributed by atoms with Crippen molar-refractivity contribution in [3.8, 4) is 45.8 Å². The minimum atomic E-state index is -1.82.